The summed E-state index contributed by atoms with van der Waals surface area (Å²) in [5.41, 5.74) is 5.43. The van der Waals surface area contributed by atoms with Gasteiger partial charge in [-0.25, -0.2) is 0 Å². The normalized spacial score (nSPS) is 9.76. The van der Waals surface area contributed by atoms with E-state index in [4.69, 9.17) is 5.73 Å². The van der Waals surface area contributed by atoms with Gasteiger partial charge in [0.05, 0.1) is 0 Å². The van der Waals surface area contributed by atoms with Crippen molar-refractivity contribution < 1.29 is 75.8 Å². The number of hydrogen-bond donors (Lipinski definition) is 2. The minimum absolute atomic E-state index is 0. The average Bonchev–Trinajstić information content (AvgIpc) is 2.14. The SMILES string of the molecule is NC(=O)CNc1ccc([As](=O)([O-])[O-])cc1.[Na+].[Na+]. The molecule has 0 unspecified atom stereocenters. The standard InChI is InChI=1S/C8H11AsN2O4.2Na/c10-8(12)5-11-7-3-1-6(2-4-7)9(13,14)15;;/h1-4,11H,5H2,(H2,10,12)(H2,13,14,15);;/q;2*+1/p-2. The van der Waals surface area contributed by atoms with Crippen LogP contribution in [0.1, 0.15) is 0 Å². The van der Waals surface area contributed by atoms with Gasteiger partial charge in [0.1, 0.15) is 0 Å². The van der Waals surface area contributed by atoms with Gasteiger partial charge in [0, 0.05) is 0 Å². The number of anilines is 1. The molecule has 0 saturated heterocycles. The quantitative estimate of drug-likeness (QED) is 0.535. The maximum absolute atomic E-state index is 10.6. The Bertz CT molecular complexity index is 406. The van der Waals surface area contributed by atoms with Crippen LogP contribution in [0.25, 0.3) is 0 Å². The summed E-state index contributed by atoms with van der Waals surface area (Å²) in [5, 5.41) is 2.66. The van der Waals surface area contributed by atoms with E-state index in [-0.39, 0.29) is 70.0 Å². The van der Waals surface area contributed by atoms with Crippen molar-refractivity contribution in [1.29, 1.82) is 0 Å². The van der Waals surface area contributed by atoms with Crippen LogP contribution in [-0.4, -0.2) is 26.6 Å². The van der Waals surface area contributed by atoms with Crippen LogP contribution in [0.3, 0.4) is 0 Å². The molecule has 3 N–H and O–H groups in total. The molecule has 0 atom stereocenters. The smallest absolute Gasteiger partial charge is 1.00 e. The van der Waals surface area contributed by atoms with E-state index in [0.29, 0.717) is 5.69 Å². The molecule has 0 bridgehead atoms. The Morgan fingerprint density at radius 3 is 2.06 bits per heavy atom. The van der Waals surface area contributed by atoms with E-state index in [1.54, 1.807) is 0 Å². The summed E-state index contributed by atoms with van der Waals surface area (Å²) in [6, 6.07) is 5.21. The number of benzene rings is 1. The zero-order chi connectivity index (χ0) is 11.5. The molecule has 1 aromatic rings. The van der Waals surface area contributed by atoms with Crippen LogP contribution in [-0.2, 0) is 8.53 Å². The van der Waals surface area contributed by atoms with Gasteiger partial charge in [0.2, 0.25) is 0 Å². The Kier molecular flexibility index (Phi) is 10.4. The number of primary amides is 1. The van der Waals surface area contributed by atoms with Gasteiger partial charge in [0.25, 0.3) is 0 Å². The van der Waals surface area contributed by atoms with E-state index in [1.807, 2.05) is 0 Å². The summed E-state index contributed by atoms with van der Waals surface area (Å²) < 4.78 is 31.7. The summed E-state index contributed by atoms with van der Waals surface area (Å²) in [6.07, 6.45) is 0. The minimum atomic E-state index is -5.30. The zero-order valence-electron chi connectivity index (χ0n) is 9.67. The Labute approximate surface area is 146 Å². The molecule has 6 nitrogen and oxygen atoms in total. The van der Waals surface area contributed by atoms with E-state index in [0.717, 1.165) is 0 Å². The number of hydrogen-bond acceptors (Lipinski definition) is 5. The van der Waals surface area contributed by atoms with Crippen LogP contribution < -0.4 is 82.7 Å². The second-order valence-corrected chi connectivity index (χ2v) is 6.04. The molecule has 0 saturated carbocycles. The van der Waals surface area contributed by atoms with Crippen LogP contribution in [0.2, 0.25) is 0 Å². The van der Waals surface area contributed by atoms with Gasteiger partial charge >= 0.3 is 148 Å². The molecule has 0 radical (unpaired) electrons. The predicted molar refractivity (Wildman–Crippen MR) is 50.2 cm³/mol. The maximum Gasteiger partial charge on any atom is 1.00 e. The van der Waals surface area contributed by atoms with Gasteiger partial charge in [-0.15, -0.1) is 0 Å². The topological polar surface area (TPSA) is 118 Å². The third-order valence-electron chi connectivity index (χ3n) is 1.65. The number of rotatable bonds is 4. The summed E-state index contributed by atoms with van der Waals surface area (Å²) in [4.78, 5) is 10.4. The van der Waals surface area contributed by atoms with E-state index >= 15 is 0 Å². The van der Waals surface area contributed by atoms with Gasteiger partial charge in [-0.3, -0.25) is 0 Å². The molecule has 0 spiro atoms. The fourth-order valence-electron chi connectivity index (χ4n) is 0.951. The largest absolute Gasteiger partial charge is 1.00 e. The second kappa shape index (κ2) is 8.80. The molecular formula is C8H9AsN2Na2O4. The molecule has 0 aliphatic rings. The molecule has 1 rings (SSSR count). The van der Waals surface area contributed by atoms with Gasteiger partial charge in [-0.05, 0) is 0 Å². The Balaban J connectivity index is 0. The number of amides is 1. The fraction of sp³-hybridized carbons (Fsp3) is 0.125. The molecule has 0 fully saturated rings. The molecule has 0 aliphatic carbocycles. The van der Waals surface area contributed by atoms with Crippen molar-refractivity contribution in [3.05, 3.63) is 24.3 Å². The van der Waals surface area contributed by atoms with Crippen molar-refractivity contribution in [2.24, 2.45) is 5.73 Å². The molecule has 82 valence electrons. The monoisotopic (exact) mass is 318 g/mol. The molecule has 0 heterocycles. The van der Waals surface area contributed by atoms with Crippen molar-refractivity contribution in [1.82, 2.24) is 0 Å². The summed E-state index contributed by atoms with van der Waals surface area (Å²) in [5.74, 6) is -0.526. The first-order valence-corrected chi connectivity index (χ1v) is 7.28. The van der Waals surface area contributed by atoms with E-state index < -0.39 is 20.1 Å². The summed E-state index contributed by atoms with van der Waals surface area (Å²) in [7, 11) is 0. The molecule has 1 amide bonds. The van der Waals surface area contributed by atoms with Crippen LogP contribution >= 0.6 is 0 Å². The van der Waals surface area contributed by atoms with Gasteiger partial charge in [-0.2, -0.15) is 0 Å². The zero-order valence-corrected chi connectivity index (χ0v) is 15.6. The van der Waals surface area contributed by atoms with Crippen LogP contribution in [0.15, 0.2) is 24.3 Å². The van der Waals surface area contributed by atoms with Crippen molar-refractivity contribution in [2.75, 3.05) is 11.9 Å². The van der Waals surface area contributed by atoms with Crippen LogP contribution in [0.4, 0.5) is 5.69 Å². The predicted octanol–water partition coefficient (Wildman–Crippen LogP) is -9.11. The second-order valence-electron chi connectivity index (χ2n) is 2.86. The van der Waals surface area contributed by atoms with E-state index in [9.17, 15) is 16.7 Å². The third-order valence-corrected chi connectivity index (χ3v) is 3.60. The van der Waals surface area contributed by atoms with Gasteiger partial charge < -0.3 is 0 Å². The van der Waals surface area contributed by atoms with Crippen molar-refractivity contribution in [3.63, 3.8) is 0 Å². The average molecular weight is 318 g/mol. The number of carbonyl (C=O) groups excluding carboxylic acids is 1. The van der Waals surface area contributed by atoms with Gasteiger partial charge in [-0.1, -0.05) is 0 Å². The Morgan fingerprint density at radius 2 is 1.71 bits per heavy atom. The molecule has 1 aromatic carbocycles. The van der Waals surface area contributed by atoms with E-state index in [2.05, 4.69) is 5.32 Å². The molecule has 0 aliphatic heterocycles. The van der Waals surface area contributed by atoms with Crippen molar-refractivity contribution in [3.8, 4) is 0 Å². The molecule has 9 heteroatoms. The van der Waals surface area contributed by atoms with Crippen molar-refractivity contribution in [2.45, 2.75) is 0 Å². The van der Waals surface area contributed by atoms with Gasteiger partial charge in [0.15, 0.2) is 0 Å². The first-order valence-electron chi connectivity index (χ1n) is 4.04. The molecule has 17 heavy (non-hydrogen) atoms. The number of nitrogens with two attached hydrogens (primary N) is 1. The minimum Gasteiger partial charge on any atom is 1.00 e. The maximum atomic E-state index is 10.6. The van der Waals surface area contributed by atoms with Crippen LogP contribution in [0.5, 0.6) is 0 Å². The fourth-order valence-corrected chi connectivity index (χ4v) is 2.03. The first kappa shape index (κ1) is 20.1. The molecule has 0 aromatic heterocycles. The molecular weight excluding hydrogens is 309 g/mol. The van der Waals surface area contributed by atoms with E-state index in [1.165, 1.54) is 24.3 Å². The van der Waals surface area contributed by atoms with Crippen LogP contribution in [0, 0.1) is 0 Å². The Hall–Kier alpha value is 0.768. The number of carbonyl (C=O) groups is 1. The third kappa shape index (κ3) is 7.72. The summed E-state index contributed by atoms with van der Waals surface area (Å²) >= 11 is -5.30. The Morgan fingerprint density at radius 1 is 1.24 bits per heavy atom. The van der Waals surface area contributed by atoms with Crippen molar-refractivity contribution >= 4 is 30.1 Å². The number of nitrogens with one attached hydrogen (secondary N) is 1. The summed E-state index contributed by atoms with van der Waals surface area (Å²) in [6.45, 7) is -0.0449. The first-order chi connectivity index (χ1) is 6.89.